The van der Waals surface area contributed by atoms with E-state index in [4.69, 9.17) is 4.74 Å². The molecule has 0 atom stereocenters. The lowest BCUT2D eigenvalue weighted by Gasteiger charge is -2.06. The molecule has 0 fully saturated rings. The highest BCUT2D eigenvalue weighted by Gasteiger charge is 2.08. The number of rotatable bonds is 6. The van der Waals surface area contributed by atoms with Crippen LogP contribution in [0.2, 0.25) is 0 Å². The number of ether oxygens (including phenoxy) is 3. The summed E-state index contributed by atoms with van der Waals surface area (Å²) in [7, 11) is 2.64. The first-order valence-corrected chi connectivity index (χ1v) is 6.75. The van der Waals surface area contributed by atoms with E-state index in [0.717, 1.165) is 16.5 Å². The molecule has 7 nitrogen and oxygen atoms in total. The molecule has 0 aliphatic carbocycles. The molecule has 0 saturated carbocycles. The summed E-state index contributed by atoms with van der Waals surface area (Å²) in [5.74, 6) is 0.149. The Hall–Kier alpha value is -2.41. The zero-order chi connectivity index (χ0) is 15.9. The Morgan fingerprint density at radius 3 is 2.70 bits per heavy atom. The van der Waals surface area contributed by atoms with Crippen molar-refractivity contribution < 1.29 is 23.8 Å². The smallest absolute Gasteiger partial charge is 0.406 e. The summed E-state index contributed by atoms with van der Waals surface area (Å²) in [5, 5.41) is 3.61. The van der Waals surface area contributed by atoms with E-state index in [9.17, 15) is 9.59 Å². The van der Waals surface area contributed by atoms with Crippen molar-refractivity contribution in [1.82, 2.24) is 10.3 Å². The number of amides is 1. The maximum Gasteiger partial charge on any atom is 0.406 e. The molecular weight excluding hydrogens is 324 g/mol. The summed E-state index contributed by atoms with van der Waals surface area (Å²) in [6.45, 7) is 0.332. The van der Waals surface area contributed by atoms with E-state index in [-0.39, 0.29) is 19.0 Å². The van der Waals surface area contributed by atoms with Crippen molar-refractivity contribution in [2.24, 2.45) is 0 Å². The fourth-order valence-corrected chi connectivity index (χ4v) is 2.03. The molecule has 0 aliphatic rings. The molecule has 2 rings (SSSR count). The second-order valence-electron chi connectivity index (χ2n) is 4.55. The number of benzene rings is 1. The third-order valence-electron chi connectivity index (χ3n) is 3.17. The lowest BCUT2D eigenvalue weighted by Crippen LogP contribution is -2.25. The number of carbonyl (C=O) groups excluding carboxylic acids is 2. The maximum atomic E-state index is 11.1. The number of alkyl carbamates (subject to hydrolysis) is 1. The zero-order valence-corrected chi connectivity index (χ0v) is 13.7. The van der Waals surface area contributed by atoms with Crippen molar-refractivity contribution in [3.63, 3.8) is 0 Å². The van der Waals surface area contributed by atoms with Crippen LogP contribution in [0.5, 0.6) is 5.75 Å². The Kier molecular flexibility index (Phi) is 7.21. The SMILES string of the molecule is COC(=O)COc1ccc2[nH]cc(CCNC(=O)OC)c2c1.Cl. The number of carbonyl (C=O) groups is 2. The Balaban J connectivity index is 0.00000264. The molecular formula is C15H19ClN2O5. The van der Waals surface area contributed by atoms with Gasteiger partial charge in [0.25, 0.3) is 0 Å². The van der Waals surface area contributed by atoms with Crippen LogP contribution in [0, 0.1) is 0 Å². The second-order valence-corrected chi connectivity index (χ2v) is 4.55. The van der Waals surface area contributed by atoms with Crippen LogP contribution in [-0.2, 0) is 20.7 Å². The molecule has 0 spiro atoms. The highest BCUT2D eigenvalue weighted by Crippen LogP contribution is 2.24. The number of hydrogen-bond donors (Lipinski definition) is 2. The van der Waals surface area contributed by atoms with Crippen molar-refractivity contribution in [1.29, 1.82) is 0 Å². The molecule has 1 aromatic heterocycles. The Labute approximate surface area is 139 Å². The molecule has 0 unspecified atom stereocenters. The summed E-state index contributed by atoms with van der Waals surface area (Å²) in [5.41, 5.74) is 1.99. The summed E-state index contributed by atoms with van der Waals surface area (Å²) in [6.07, 6.45) is 2.07. The van der Waals surface area contributed by atoms with Gasteiger partial charge in [-0.3, -0.25) is 0 Å². The number of H-pyrrole nitrogens is 1. The quantitative estimate of drug-likeness (QED) is 0.784. The monoisotopic (exact) mass is 342 g/mol. The van der Waals surface area contributed by atoms with E-state index in [2.05, 4.69) is 19.8 Å². The van der Waals surface area contributed by atoms with Crippen LogP contribution in [0.3, 0.4) is 0 Å². The predicted molar refractivity (Wildman–Crippen MR) is 87.2 cm³/mol. The van der Waals surface area contributed by atoms with Gasteiger partial charge < -0.3 is 24.5 Å². The van der Waals surface area contributed by atoms with Crippen molar-refractivity contribution in [3.8, 4) is 5.75 Å². The second kappa shape index (κ2) is 8.89. The van der Waals surface area contributed by atoms with E-state index in [1.165, 1.54) is 14.2 Å². The number of halogens is 1. The van der Waals surface area contributed by atoms with E-state index >= 15 is 0 Å². The van der Waals surface area contributed by atoms with Gasteiger partial charge in [0.1, 0.15) is 5.75 Å². The molecule has 0 saturated heterocycles. The predicted octanol–water partition coefficient (Wildman–Crippen LogP) is 2.04. The fraction of sp³-hybridized carbons (Fsp3) is 0.333. The summed E-state index contributed by atoms with van der Waals surface area (Å²) < 4.78 is 14.4. The van der Waals surface area contributed by atoms with E-state index in [1.54, 1.807) is 6.07 Å². The largest absolute Gasteiger partial charge is 0.482 e. The van der Waals surface area contributed by atoms with Gasteiger partial charge in [0.15, 0.2) is 6.61 Å². The van der Waals surface area contributed by atoms with Gasteiger partial charge in [-0.2, -0.15) is 0 Å². The van der Waals surface area contributed by atoms with Gasteiger partial charge in [-0.25, -0.2) is 9.59 Å². The molecule has 1 amide bonds. The van der Waals surface area contributed by atoms with Crippen LogP contribution in [-0.4, -0.2) is 44.4 Å². The molecule has 0 radical (unpaired) electrons. The summed E-state index contributed by atoms with van der Waals surface area (Å²) in [6, 6.07) is 5.50. The minimum Gasteiger partial charge on any atom is -0.482 e. The van der Waals surface area contributed by atoms with Gasteiger partial charge in [0.05, 0.1) is 14.2 Å². The molecule has 2 N–H and O–H groups in total. The molecule has 2 aromatic rings. The van der Waals surface area contributed by atoms with Crippen molar-refractivity contribution in [3.05, 3.63) is 30.0 Å². The zero-order valence-electron chi connectivity index (χ0n) is 12.9. The first-order chi connectivity index (χ1) is 10.6. The Morgan fingerprint density at radius 1 is 1.22 bits per heavy atom. The topological polar surface area (TPSA) is 89.7 Å². The van der Waals surface area contributed by atoms with Gasteiger partial charge in [0.2, 0.25) is 0 Å². The van der Waals surface area contributed by atoms with Gasteiger partial charge in [-0.1, -0.05) is 0 Å². The number of aromatic nitrogens is 1. The maximum absolute atomic E-state index is 11.1. The van der Waals surface area contributed by atoms with Crippen LogP contribution >= 0.6 is 12.4 Å². The number of esters is 1. The minimum absolute atomic E-state index is 0. The van der Waals surface area contributed by atoms with Crippen molar-refractivity contribution in [2.75, 3.05) is 27.4 Å². The van der Waals surface area contributed by atoms with E-state index in [1.807, 2.05) is 18.3 Å². The number of methoxy groups -OCH3 is 2. The highest BCUT2D eigenvalue weighted by atomic mass is 35.5. The minimum atomic E-state index is -0.457. The van der Waals surface area contributed by atoms with Gasteiger partial charge >= 0.3 is 12.1 Å². The van der Waals surface area contributed by atoms with Crippen molar-refractivity contribution >= 4 is 35.4 Å². The molecule has 126 valence electrons. The lowest BCUT2D eigenvalue weighted by atomic mass is 10.1. The van der Waals surface area contributed by atoms with E-state index in [0.29, 0.717) is 18.7 Å². The van der Waals surface area contributed by atoms with Gasteiger partial charge in [0, 0.05) is 23.6 Å². The van der Waals surface area contributed by atoms with Gasteiger partial charge in [-0.05, 0) is 30.2 Å². The third-order valence-corrected chi connectivity index (χ3v) is 3.17. The lowest BCUT2D eigenvalue weighted by molar-refractivity contribution is -0.142. The van der Waals surface area contributed by atoms with Gasteiger partial charge in [-0.15, -0.1) is 12.4 Å². The number of nitrogens with one attached hydrogen (secondary N) is 2. The average molecular weight is 343 g/mol. The van der Waals surface area contributed by atoms with Crippen LogP contribution in [0.1, 0.15) is 5.56 Å². The van der Waals surface area contributed by atoms with Crippen LogP contribution in [0.4, 0.5) is 4.79 Å². The number of hydrogen-bond acceptors (Lipinski definition) is 5. The fourth-order valence-electron chi connectivity index (χ4n) is 2.03. The average Bonchev–Trinajstić information content (AvgIpc) is 2.94. The Morgan fingerprint density at radius 2 is 2.00 bits per heavy atom. The first-order valence-electron chi connectivity index (χ1n) is 6.75. The number of aromatic amines is 1. The number of fused-ring (bicyclic) bond motifs is 1. The highest BCUT2D eigenvalue weighted by molar-refractivity contribution is 5.85. The standard InChI is InChI=1S/C15H18N2O5.ClH/c1-20-14(18)9-22-11-3-4-13-12(7-11)10(8-17-13)5-6-16-15(19)21-2;/h3-4,7-8,17H,5-6,9H2,1-2H3,(H,16,19);1H. The molecule has 0 aliphatic heterocycles. The first kappa shape index (κ1) is 18.6. The molecule has 23 heavy (non-hydrogen) atoms. The van der Waals surface area contributed by atoms with Crippen LogP contribution in [0.25, 0.3) is 10.9 Å². The molecule has 1 aromatic carbocycles. The van der Waals surface area contributed by atoms with Crippen LogP contribution < -0.4 is 10.1 Å². The normalized spacial score (nSPS) is 9.83. The Bertz CT molecular complexity index is 671. The molecule has 0 bridgehead atoms. The van der Waals surface area contributed by atoms with E-state index < -0.39 is 12.1 Å². The van der Waals surface area contributed by atoms with Crippen molar-refractivity contribution in [2.45, 2.75) is 6.42 Å². The van der Waals surface area contributed by atoms with Crippen LogP contribution in [0.15, 0.2) is 24.4 Å². The third kappa shape index (κ3) is 5.07. The summed E-state index contributed by atoms with van der Waals surface area (Å²) in [4.78, 5) is 25.3. The molecule has 8 heteroatoms. The molecule has 1 heterocycles. The summed E-state index contributed by atoms with van der Waals surface area (Å²) >= 11 is 0.